The monoisotopic (exact) mass is 769 g/mol. The molecular formula is C39H76O14. The molecule has 53 heavy (non-hydrogen) atoms. The fraction of sp³-hybridized carbons (Fsp3) is 0.974. The largest absolute Gasteiger partial charge is 0.463 e. The number of hydrogen-bond acceptors (Lipinski definition) is 14. The Kier molecular flexibility index (Phi) is 41.2. The number of rotatable bonds is 44. The van der Waals surface area contributed by atoms with E-state index in [0.717, 1.165) is 38.7 Å². The summed E-state index contributed by atoms with van der Waals surface area (Å²) in [7, 11) is 0. The van der Waals surface area contributed by atoms with E-state index in [0.29, 0.717) is 145 Å². The van der Waals surface area contributed by atoms with Gasteiger partial charge in [-0.1, -0.05) is 58.3 Å². The van der Waals surface area contributed by atoms with Gasteiger partial charge in [-0.2, -0.15) is 0 Å². The van der Waals surface area contributed by atoms with E-state index >= 15 is 0 Å². The molecule has 0 aromatic carbocycles. The molecule has 1 rings (SSSR count). The highest BCUT2D eigenvalue weighted by atomic mass is 16.7. The molecule has 0 aromatic rings. The summed E-state index contributed by atoms with van der Waals surface area (Å²) < 4.78 is 71.2. The predicted octanol–water partition coefficient (Wildman–Crippen LogP) is 5.16. The minimum absolute atomic E-state index is 0.0685. The first kappa shape index (κ1) is 50.0. The molecule has 0 radical (unpaired) electrons. The van der Waals surface area contributed by atoms with Gasteiger partial charge < -0.3 is 61.6 Å². The van der Waals surface area contributed by atoms with Gasteiger partial charge in [0.15, 0.2) is 6.29 Å². The van der Waals surface area contributed by atoms with Crippen LogP contribution >= 0.6 is 0 Å². The van der Waals surface area contributed by atoms with Gasteiger partial charge in [0.2, 0.25) is 0 Å². The van der Waals surface area contributed by atoms with E-state index in [-0.39, 0.29) is 18.9 Å². The highest BCUT2D eigenvalue weighted by Gasteiger charge is 2.13. The van der Waals surface area contributed by atoms with Crippen LogP contribution in [-0.4, -0.2) is 164 Å². The van der Waals surface area contributed by atoms with Crippen molar-refractivity contribution in [1.29, 1.82) is 0 Å². The third-order valence-electron chi connectivity index (χ3n) is 7.99. The van der Waals surface area contributed by atoms with E-state index in [1.54, 1.807) is 0 Å². The molecule has 0 amide bonds. The Morgan fingerprint density at radius 3 is 1.13 bits per heavy atom. The van der Waals surface area contributed by atoms with E-state index in [1.165, 1.54) is 44.9 Å². The summed E-state index contributed by atoms with van der Waals surface area (Å²) in [6, 6.07) is 0. The van der Waals surface area contributed by atoms with Crippen LogP contribution in [0.5, 0.6) is 0 Å². The van der Waals surface area contributed by atoms with Crippen molar-refractivity contribution >= 4 is 5.97 Å². The van der Waals surface area contributed by atoms with Crippen LogP contribution in [0.15, 0.2) is 0 Å². The smallest absolute Gasteiger partial charge is 0.305 e. The van der Waals surface area contributed by atoms with Crippen molar-refractivity contribution in [3.05, 3.63) is 0 Å². The van der Waals surface area contributed by atoms with E-state index in [9.17, 15) is 4.79 Å². The van der Waals surface area contributed by atoms with Crippen molar-refractivity contribution in [3.8, 4) is 0 Å². The average Bonchev–Trinajstić information content (AvgIpc) is 3.17. The maximum absolute atomic E-state index is 11.8. The molecule has 1 aliphatic rings. The zero-order chi connectivity index (χ0) is 37.8. The lowest BCUT2D eigenvalue weighted by Gasteiger charge is -2.22. The standard InChI is InChI=1S/C39H76O14/c1-2-3-4-5-6-7-8-9-10-13-38(40)51-36-34-49-32-30-47-28-26-45-24-22-43-20-18-41-16-17-42-19-21-44-23-25-46-27-29-48-31-33-50-35-37-53-39-14-11-12-15-52-39/h39H,2-37H2,1H3. The lowest BCUT2D eigenvalue weighted by Crippen LogP contribution is -2.24. The molecule has 316 valence electrons. The Hall–Kier alpha value is -1.01. The molecule has 1 saturated heterocycles. The molecule has 1 heterocycles. The molecule has 0 spiro atoms. The average molecular weight is 769 g/mol. The van der Waals surface area contributed by atoms with Crippen LogP contribution in [-0.2, 0) is 66.4 Å². The van der Waals surface area contributed by atoms with E-state index in [2.05, 4.69) is 6.92 Å². The lowest BCUT2D eigenvalue weighted by atomic mass is 10.1. The molecule has 1 aliphatic heterocycles. The molecule has 0 aromatic heterocycles. The van der Waals surface area contributed by atoms with Crippen LogP contribution < -0.4 is 0 Å². The molecule has 0 N–H and O–H groups in total. The Morgan fingerprint density at radius 2 is 0.774 bits per heavy atom. The molecule has 0 saturated carbocycles. The Balaban J connectivity index is 1.62. The maximum atomic E-state index is 11.8. The second-order valence-corrected chi connectivity index (χ2v) is 12.6. The zero-order valence-corrected chi connectivity index (χ0v) is 33.2. The highest BCUT2D eigenvalue weighted by molar-refractivity contribution is 5.69. The van der Waals surface area contributed by atoms with Crippen LogP contribution in [0.25, 0.3) is 0 Å². The van der Waals surface area contributed by atoms with Crippen molar-refractivity contribution in [1.82, 2.24) is 0 Å². The molecule has 1 unspecified atom stereocenters. The number of carbonyl (C=O) groups is 1. The SMILES string of the molecule is CCCCCCCCCCCC(=O)OCCOCCOCCOCCOCCOCCOCCOCCOCCOCCOCCOC1CCCCO1. The molecule has 14 heteroatoms. The summed E-state index contributed by atoms with van der Waals surface area (Å²) in [6.45, 7) is 13.8. The van der Waals surface area contributed by atoms with E-state index in [1.807, 2.05) is 0 Å². The number of hydrogen-bond donors (Lipinski definition) is 0. The molecule has 0 aliphatic carbocycles. The van der Waals surface area contributed by atoms with Gasteiger partial charge in [0, 0.05) is 13.0 Å². The van der Waals surface area contributed by atoms with Gasteiger partial charge in [-0.3, -0.25) is 4.79 Å². The number of carbonyl (C=O) groups excluding carboxylic acids is 1. The molecule has 0 bridgehead atoms. The van der Waals surface area contributed by atoms with Gasteiger partial charge in [-0.25, -0.2) is 0 Å². The molecule has 14 nitrogen and oxygen atoms in total. The Morgan fingerprint density at radius 1 is 0.434 bits per heavy atom. The van der Waals surface area contributed by atoms with Crippen LogP contribution in [0.4, 0.5) is 0 Å². The number of unbranched alkanes of at least 4 members (excludes halogenated alkanes) is 8. The van der Waals surface area contributed by atoms with Gasteiger partial charge in [-0.15, -0.1) is 0 Å². The van der Waals surface area contributed by atoms with Crippen LogP contribution in [0.3, 0.4) is 0 Å². The van der Waals surface area contributed by atoms with Gasteiger partial charge in [0.25, 0.3) is 0 Å². The Bertz CT molecular complexity index is 714. The predicted molar refractivity (Wildman–Crippen MR) is 201 cm³/mol. The summed E-state index contributed by atoms with van der Waals surface area (Å²) in [5.41, 5.74) is 0. The van der Waals surface area contributed by atoms with Crippen molar-refractivity contribution in [2.24, 2.45) is 0 Å². The van der Waals surface area contributed by atoms with E-state index < -0.39 is 0 Å². The number of ether oxygens (including phenoxy) is 13. The normalized spacial score (nSPS) is 14.6. The summed E-state index contributed by atoms with van der Waals surface area (Å²) in [4.78, 5) is 11.8. The van der Waals surface area contributed by atoms with Gasteiger partial charge in [0.1, 0.15) is 6.61 Å². The van der Waals surface area contributed by atoms with Crippen molar-refractivity contribution in [2.45, 2.75) is 96.7 Å². The minimum Gasteiger partial charge on any atom is -0.463 e. The summed E-state index contributed by atoms with van der Waals surface area (Å²) in [5.74, 6) is -0.136. The molecular weight excluding hydrogens is 692 g/mol. The quantitative estimate of drug-likeness (QED) is 0.0596. The van der Waals surface area contributed by atoms with E-state index in [4.69, 9.17) is 61.6 Å². The summed E-state index contributed by atoms with van der Waals surface area (Å²) in [6.07, 6.45) is 14.8. The Labute approximate surface area is 320 Å². The summed E-state index contributed by atoms with van der Waals surface area (Å²) in [5, 5.41) is 0. The topological polar surface area (TPSA) is 137 Å². The van der Waals surface area contributed by atoms with Crippen LogP contribution in [0.1, 0.15) is 90.4 Å². The minimum atomic E-state index is -0.136. The first-order chi connectivity index (χ1) is 26.3. The molecule has 1 atom stereocenters. The lowest BCUT2D eigenvalue weighted by molar-refractivity contribution is -0.169. The van der Waals surface area contributed by atoms with Gasteiger partial charge >= 0.3 is 5.97 Å². The third kappa shape index (κ3) is 40.5. The highest BCUT2D eigenvalue weighted by Crippen LogP contribution is 2.13. The van der Waals surface area contributed by atoms with Crippen molar-refractivity contribution in [2.75, 3.05) is 152 Å². The third-order valence-corrected chi connectivity index (χ3v) is 7.99. The van der Waals surface area contributed by atoms with Crippen molar-refractivity contribution < 1.29 is 66.4 Å². The van der Waals surface area contributed by atoms with Gasteiger partial charge in [0.05, 0.1) is 139 Å². The maximum Gasteiger partial charge on any atom is 0.305 e. The second-order valence-electron chi connectivity index (χ2n) is 12.6. The zero-order valence-electron chi connectivity index (χ0n) is 33.2. The fourth-order valence-electron chi connectivity index (χ4n) is 5.03. The second kappa shape index (κ2) is 43.7. The number of esters is 1. The van der Waals surface area contributed by atoms with Gasteiger partial charge in [-0.05, 0) is 25.7 Å². The van der Waals surface area contributed by atoms with Crippen molar-refractivity contribution in [3.63, 3.8) is 0 Å². The fourth-order valence-corrected chi connectivity index (χ4v) is 5.03. The first-order valence-electron chi connectivity index (χ1n) is 20.5. The molecule has 1 fully saturated rings. The van der Waals surface area contributed by atoms with Crippen LogP contribution in [0.2, 0.25) is 0 Å². The summed E-state index contributed by atoms with van der Waals surface area (Å²) >= 11 is 0. The first-order valence-corrected chi connectivity index (χ1v) is 20.5. The van der Waals surface area contributed by atoms with Crippen LogP contribution in [0, 0.1) is 0 Å².